The fourth-order valence-corrected chi connectivity index (χ4v) is 4.52. The molecular weight excluding hydrogens is 278 g/mol. The lowest BCUT2D eigenvalue weighted by atomic mass is 9.82. The number of nitrogens with one attached hydrogen (secondary N) is 1. The van der Waals surface area contributed by atoms with Crippen LogP contribution in [0.3, 0.4) is 0 Å². The molecule has 0 aliphatic heterocycles. The van der Waals surface area contributed by atoms with Crippen molar-refractivity contribution in [3.63, 3.8) is 0 Å². The molecule has 19 heavy (non-hydrogen) atoms. The van der Waals surface area contributed by atoms with E-state index in [-0.39, 0.29) is 12.1 Å². The fourth-order valence-electron chi connectivity index (χ4n) is 2.86. The first kappa shape index (κ1) is 15.2. The zero-order valence-corrected chi connectivity index (χ0v) is 12.9. The van der Waals surface area contributed by atoms with Crippen LogP contribution in [-0.4, -0.2) is 29.0 Å². The zero-order chi connectivity index (χ0) is 13.7. The third-order valence-corrected chi connectivity index (χ3v) is 5.57. The van der Waals surface area contributed by atoms with Gasteiger partial charge in [0.2, 0.25) is 0 Å². The molecule has 106 valence electrons. The van der Waals surface area contributed by atoms with Gasteiger partial charge >= 0.3 is 0 Å². The Balaban J connectivity index is 2.03. The van der Waals surface area contributed by atoms with Gasteiger partial charge in [-0.3, -0.25) is 0 Å². The molecule has 0 bridgehead atoms. The van der Waals surface area contributed by atoms with Gasteiger partial charge in [0.15, 0.2) is 0 Å². The number of hydrogen-bond acceptors (Lipinski definition) is 3. The van der Waals surface area contributed by atoms with Crippen LogP contribution < -0.4 is 5.32 Å². The number of aliphatic hydroxyl groups is 1. The summed E-state index contributed by atoms with van der Waals surface area (Å²) in [5.41, 5.74) is -0.0913. The lowest BCUT2D eigenvalue weighted by molar-refractivity contribution is 0.125. The number of halogens is 1. The molecule has 2 rings (SSSR count). The minimum absolute atomic E-state index is 0.0913. The molecule has 0 aromatic heterocycles. The summed E-state index contributed by atoms with van der Waals surface area (Å²) in [5, 5.41) is 14.6. The fraction of sp³-hybridized carbons (Fsp3) is 0.600. The van der Waals surface area contributed by atoms with Crippen LogP contribution in [0.4, 0.5) is 0 Å². The molecule has 1 aliphatic rings. The van der Waals surface area contributed by atoms with E-state index in [4.69, 9.17) is 11.6 Å². The second-order valence-corrected chi connectivity index (χ2v) is 6.98. The highest BCUT2D eigenvalue weighted by atomic mass is 35.5. The van der Waals surface area contributed by atoms with Crippen molar-refractivity contribution in [1.82, 2.24) is 5.32 Å². The van der Waals surface area contributed by atoms with Crippen molar-refractivity contribution < 1.29 is 5.11 Å². The third-order valence-electron chi connectivity index (χ3n) is 3.78. The number of rotatable bonds is 5. The summed E-state index contributed by atoms with van der Waals surface area (Å²) in [4.78, 5) is 1.15. The second kappa shape index (κ2) is 6.98. The van der Waals surface area contributed by atoms with Gasteiger partial charge in [-0.05, 0) is 37.9 Å². The maximum atomic E-state index is 9.71. The van der Waals surface area contributed by atoms with Gasteiger partial charge in [-0.2, -0.15) is 0 Å². The topological polar surface area (TPSA) is 32.3 Å². The van der Waals surface area contributed by atoms with E-state index < -0.39 is 0 Å². The SMILES string of the molecule is CCNC1(CO)CCCC(Sc2ccccc2Cl)C1. The van der Waals surface area contributed by atoms with Crippen LogP contribution in [0.15, 0.2) is 29.2 Å². The van der Waals surface area contributed by atoms with Gasteiger partial charge in [0.05, 0.1) is 11.6 Å². The van der Waals surface area contributed by atoms with E-state index in [1.165, 1.54) is 6.42 Å². The molecule has 0 amide bonds. The van der Waals surface area contributed by atoms with Gasteiger partial charge < -0.3 is 10.4 Å². The van der Waals surface area contributed by atoms with Gasteiger partial charge in [0.25, 0.3) is 0 Å². The Labute approximate surface area is 124 Å². The highest BCUT2D eigenvalue weighted by Crippen LogP contribution is 2.40. The van der Waals surface area contributed by atoms with Crippen molar-refractivity contribution in [2.24, 2.45) is 0 Å². The predicted molar refractivity (Wildman–Crippen MR) is 83.1 cm³/mol. The van der Waals surface area contributed by atoms with Crippen LogP contribution in [0.2, 0.25) is 5.02 Å². The van der Waals surface area contributed by atoms with E-state index in [0.29, 0.717) is 5.25 Å². The average molecular weight is 300 g/mol. The highest BCUT2D eigenvalue weighted by Gasteiger charge is 2.35. The lowest BCUT2D eigenvalue weighted by Crippen LogP contribution is -2.52. The van der Waals surface area contributed by atoms with Crippen LogP contribution >= 0.6 is 23.4 Å². The van der Waals surface area contributed by atoms with E-state index in [0.717, 1.165) is 35.7 Å². The van der Waals surface area contributed by atoms with Crippen LogP contribution in [0, 0.1) is 0 Å². The molecule has 0 saturated heterocycles. The Morgan fingerprint density at radius 3 is 2.95 bits per heavy atom. The van der Waals surface area contributed by atoms with Crippen LogP contribution in [0.1, 0.15) is 32.6 Å². The van der Waals surface area contributed by atoms with Crippen molar-refractivity contribution in [3.8, 4) is 0 Å². The van der Waals surface area contributed by atoms with E-state index in [1.54, 1.807) is 0 Å². The summed E-state index contributed by atoms with van der Waals surface area (Å²) < 4.78 is 0. The standard InChI is InChI=1S/C15H22ClNOS/c1-2-17-15(11-18)9-5-6-12(10-15)19-14-8-4-3-7-13(14)16/h3-4,7-8,12,17-18H,2,5-6,9-11H2,1H3. The normalized spacial score (nSPS) is 27.4. The van der Waals surface area contributed by atoms with Gasteiger partial charge in [-0.15, -0.1) is 11.8 Å². The predicted octanol–water partition coefficient (Wildman–Crippen LogP) is 3.72. The van der Waals surface area contributed by atoms with Gasteiger partial charge in [-0.1, -0.05) is 37.1 Å². The van der Waals surface area contributed by atoms with Crippen molar-refractivity contribution in [3.05, 3.63) is 29.3 Å². The Kier molecular flexibility index (Phi) is 5.58. The van der Waals surface area contributed by atoms with Crippen LogP contribution in [0.25, 0.3) is 0 Å². The summed E-state index contributed by atoms with van der Waals surface area (Å²) in [7, 11) is 0. The Hall–Kier alpha value is -0.220. The average Bonchev–Trinajstić information content (AvgIpc) is 2.42. The molecule has 2 atom stereocenters. The molecule has 1 aromatic carbocycles. The Bertz CT molecular complexity index is 411. The van der Waals surface area contributed by atoms with Gasteiger partial charge in [0, 0.05) is 15.7 Å². The molecule has 2 nitrogen and oxygen atoms in total. The largest absolute Gasteiger partial charge is 0.394 e. The van der Waals surface area contributed by atoms with Crippen molar-refractivity contribution in [2.45, 2.75) is 48.3 Å². The molecular formula is C15H22ClNOS. The van der Waals surface area contributed by atoms with Crippen LogP contribution in [0.5, 0.6) is 0 Å². The van der Waals surface area contributed by atoms with Gasteiger partial charge in [-0.25, -0.2) is 0 Å². The smallest absolute Gasteiger partial charge is 0.0613 e. The summed E-state index contributed by atoms with van der Waals surface area (Å²) in [6, 6.07) is 8.01. The van der Waals surface area contributed by atoms with Crippen molar-refractivity contribution >= 4 is 23.4 Å². The first-order chi connectivity index (χ1) is 9.19. The molecule has 2 unspecified atom stereocenters. The van der Waals surface area contributed by atoms with E-state index in [9.17, 15) is 5.11 Å². The molecule has 1 saturated carbocycles. The molecule has 1 aliphatic carbocycles. The molecule has 1 fully saturated rings. The Morgan fingerprint density at radius 1 is 1.47 bits per heavy atom. The summed E-state index contributed by atoms with van der Waals surface area (Å²) in [6.45, 7) is 3.23. The quantitative estimate of drug-likeness (QED) is 0.869. The summed E-state index contributed by atoms with van der Waals surface area (Å²) >= 11 is 8.08. The minimum atomic E-state index is -0.0913. The zero-order valence-electron chi connectivity index (χ0n) is 11.4. The molecule has 0 heterocycles. The maximum absolute atomic E-state index is 9.71. The maximum Gasteiger partial charge on any atom is 0.0613 e. The number of thioether (sulfide) groups is 1. The first-order valence-corrected chi connectivity index (χ1v) is 8.22. The third kappa shape index (κ3) is 3.88. The number of hydrogen-bond donors (Lipinski definition) is 2. The monoisotopic (exact) mass is 299 g/mol. The van der Waals surface area contributed by atoms with Crippen molar-refractivity contribution in [2.75, 3.05) is 13.2 Å². The molecule has 0 spiro atoms. The molecule has 2 N–H and O–H groups in total. The van der Waals surface area contributed by atoms with E-state index >= 15 is 0 Å². The number of benzene rings is 1. The van der Waals surface area contributed by atoms with Crippen LogP contribution in [-0.2, 0) is 0 Å². The highest BCUT2D eigenvalue weighted by molar-refractivity contribution is 8.00. The number of aliphatic hydroxyl groups excluding tert-OH is 1. The van der Waals surface area contributed by atoms with E-state index in [1.807, 2.05) is 30.0 Å². The molecule has 4 heteroatoms. The number of likely N-dealkylation sites (N-methyl/N-ethyl adjacent to an activating group) is 1. The summed E-state index contributed by atoms with van der Waals surface area (Å²) in [5.74, 6) is 0. The Morgan fingerprint density at radius 2 is 2.26 bits per heavy atom. The molecule has 1 aromatic rings. The van der Waals surface area contributed by atoms with E-state index in [2.05, 4.69) is 18.3 Å². The van der Waals surface area contributed by atoms with Crippen molar-refractivity contribution in [1.29, 1.82) is 0 Å². The minimum Gasteiger partial charge on any atom is -0.394 e. The lowest BCUT2D eigenvalue weighted by Gasteiger charge is -2.40. The summed E-state index contributed by atoms with van der Waals surface area (Å²) in [6.07, 6.45) is 4.43. The first-order valence-electron chi connectivity index (χ1n) is 6.96. The molecule has 0 radical (unpaired) electrons. The van der Waals surface area contributed by atoms with Gasteiger partial charge in [0.1, 0.15) is 0 Å². The second-order valence-electron chi connectivity index (χ2n) is 5.24.